The van der Waals surface area contributed by atoms with Crippen LogP contribution in [0, 0.1) is 6.92 Å². The Morgan fingerprint density at radius 1 is 1.43 bits per heavy atom. The number of thioether (sulfide) groups is 1. The Labute approximate surface area is 135 Å². The van der Waals surface area contributed by atoms with Gasteiger partial charge >= 0.3 is 0 Å². The predicted molar refractivity (Wildman–Crippen MR) is 89.6 cm³/mol. The van der Waals surface area contributed by atoms with Crippen molar-refractivity contribution in [3.05, 3.63) is 46.7 Å². The molecule has 0 radical (unpaired) electrons. The van der Waals surface area contributed by atoms with Crippen molar-refractivity contribution in [3.63, 3.8) is 0 Å². The molecule has 2 aromatic rings. The third-order valence-electron chi connectivity index (χ3n) is 3.25. The first kappa shape index (κ1) is 16.4. The SMILES string of the molecule is CCn1nc(C)cc1CC(CSc1ccccc1Cl)NN. The zero-order chi connectivity index (χ0) is 15.2. The molecule has 21 heavy (non-hydrogen) atoms. The summed E-state index contributed by atoms with van der Waals surface area (Å²) in [4.78, 5) is 1.08. The van der Waals surface area contributed by atoms with Gasteiger partial charge in [-0.2, -0.15) is 5.10 Å². The molecule has 0 bridgehead atoms. The minimum atomic E-state index is 0.174. The van der Waals surface area contributed by atoms with E-state index in [0.29, 0.717) is 0 Å². The van der Waals surface area contributed by atoms with Crippen LogP contribution < -0.4 is 11.3 Å². The normalized spacial score (nSPS) is 12.6. The summed E-state index contributed by atoms with van der Waals surface area (Å²) in [6.07, 6.45) is 0.850. The van der Waals surface area contributed by atoms with Crippen molar-refractivity contribution in [3.8, 4) is 0 Å². The number of nitrogens with two attached hydrogens (primary N) is 1. The lowest BCUT2D eigenvalue weighted by molar-refractivity contribution is 0.534. The molecular weight excluding hydrogens is 304 g/mol. The number of halogens is 1. The van der Waals surface area contributed by atoms with Crippen LogP contribution in [0.5, 0.6) is 0 Å². The number of hydrogen-bond acceptors (Lipinski definition) is 4. The standard InChI is InChI=1S/C15H21ClN4S/c1-3-20-13(8-11(2)19-20)9-12(18-17)10-21-15-7-5-4-6-14(15)16/h4-8,12,18H,3,9-10,17H2,1-2H3. The van der Waals surface area contributed by atoms with Gasteiger partial charge < -0.3 is 0 Å². The number of aryl methyl sites for hydroxylation is 2. The highest BCUT2D eigenvalue weighted by Crippen LogP contribution is 2.27. The first-order valence-corrected chi connectivity index (χ1v) is 8.37. The summed E-state index contributed by atoms with van der Waals surface area (Å²) < 4.78 is 2.03. The molecule has 6 heteroatoms. The number of aromatic nitrogens is 2. The Hall–Kier alpha value is -1.01. The van der Waals surface area contributed by atoms with Gasteiger partial charge in [0.15, 0.2) is 0 Å². The molecule has 0 fully saturated rings. The van der Waals surface area contributed by atoms with Crippen molar-refractivity contribution in [2.45, 2.75) is 37.8 Å². The molecule has 1 heterocycles. The zero-order valence-corrected chi connectivity index (χ0v) is 13.9. The predicted octanol–water partition coefficient (Wildman–Crippen LogP) is 3.03. The summed E-state index contributed by atoms with van der Waals surface area (Å²) in [6.45, 7) is 4.98. The van der Waals surface area contributed by atoms with Crippen molar-refractivity contribution in [1.82, 2.24) is 15.2 Å². The third-order valence-corrected chi connectivity index (χ3v) is 4.93. The van der Waals surface area contributed by atoms with E-state index in [4.69, 9.17) is 17.4 Å². The number of hydrazine groups is 1. The monoisotopic (exact) mass is 324 g/mol. The molecule has 0 aliphatic carbocycles. The highest BCUT2D eigenvalue weighted by Gasteiger charge is 2.13. The van der Waals surface area contributed by atoms with E-state index < -0.39 is 0 Å². The summed E-state index contributed by atoms with van der Waals surface area (Å²) in [5.74, 6) is 6.55. The zero-order valence-electron chi connectivity index (χ0n) is 12.3. The third kappa shape index (κ3) is 4.48. The van der Waals surface area contributed by atoms with Crippen molar-refractivity contribution < 1.29 is 0 Å². The second kappa shape index (κ2) is 7.84. The average molecular weight is 325 g/mol. The maximum atomic E-state index is 6.18. The number of hydrogen-bond donors (Lipinski definition) is 2. The summed E-state index contributed by atoms with van der Waals surface area (Å²) in [5, 5.41) is 5.25. The van der Waals surface area contributed by atoms with Gasteiger partial charge in [-0.05, 0) is 32.0 Å². The van der Waals surface area contributed by atoms with Gasteiger partial charge in [-0.25, -0.2) is 0 Å². The fraction of sp³-hybridized carbons (Fsp3) is 0.400. The largest absolute Gasteiger partial charge is 0.271 e. The van der Waals surface area contributed by atoms with E-state index in [2.05, 4.69) is 23.5 Å². The molecule has 114 valence electrons. The fourth-order valence-corrected chi connectivity index (χ4v) is 3.48. The number of nitrogens with zero attached hydrogens (tertiary/aromatic N) is 2. The van der Waals surface area contributed by atoms with Crippen molar-refractivity contribution in [2.24, 2.45) is 5.84 Å². The summed E-state index contributed by atoms with van der Waals surface area (Å²) in [5.41, 5.74) is 5.14. The van der Waals surface area contributed by atoms with Crippen LogP contribution in [0.15, 0.2) is 35.2 Å². The topological polar surface area (TPSA) is 55.9 Å². The van der Waals surface area contributed by atoms with Crippen LogP contribution in [-0.4, -0.2) is 21.6 Å². The fourth-order valence-electron chi connectivity index (χ4n) is 2.21. The lowest BCUT2D eigenvalue weighted by Crippen LogP contribution is -2.39. The lowest BCUT2D eigenvalue weighted by Gasteiger charge is -2.16. The van der Waals surface area contributed by atoms with E-state index in [1.54, 1.807) is 11.8 Å². The van der Waals surface area contributed by atoms with Crippen molar-refractivity contribution >= 4 is 23.4 Å². The molecule has 0 spiro atoms. The lowest BCUT2D eigenvalue weighted by atomic mass is 10.2. The minimum absolute atomic E-state index is 0.174. The van der Waals surface area contributed by atoms with Crippen LogP contribution in [-0.2, 0) is 13.0 Å². The second-order valence-corrected chi connectivity index (χ2v) is 6.37. The highest BCUT2D eigenvalue weighted by molar-refractivity contribution is 7.99. The summed E-state index contributed by atoms with van der Waals surface area (Å²) in [6, 6.07) is 10.2. The van der Waals surface area contributed by atoms with Crippen LogP contribution in [0.3, 0.4) is 0 Å². The van der Waals surface area contributed by atoms with Crippen molar-refractivity contribution in [2.75, 3.05) is 5.75 Å². The van der Waals surface area contributed by atoms with Gasteiger partial charge in [0, 0.05) is 35.3 Å². The van der Waals surface area contributed by atoms with Crippen LogP contribution in [0.25, 0.3) is 0 Å². The van der Waals surface area contributed by atoms with Crippen LogP contribution in [0.1, 0.15) is 18.3 Å². The molecular formula is C15H21ClN4S. The van der Waals surface area contributed by atoms with Gasteiger partial charge in [0.1, 0.15) is 0 Å². The Kier molecular flexibility index (Phi) is 6.11. The van der Waals surface area contributed by atoms with Crippen LogP contribution in [0.2, 0.25) is 5.02 Å². The molecule has 0 aliphatic heterocycles. The average Bonchev–Trinajstić information content (AvgIpc) is 2.84. The van der Waals surface area contributed by atoms with E-state index >= 15 is 0 Å². The van der Waals surface area contributed by atoms with E-state index in [-0.39, 0.29) is 6.04 Å². The van der Waals surface area contributed by atoms with Gasteiger partial charge in [0.2, 0.25) is 0 Å². The van der Waals surface area contributed by atoms with Gasteiger partial charge in [0.05, 0.1) is 10.7 Å². The molecule has 1 unspecified atom stereocenters. The Bertz CT molecular complexity index is 585. The number of rotatable bonds is 7. The maximum absolute atomic E-state index is 6.18. The van der Waals surface area contributed by atoms with E-state index in [9.17, 15) is 0 Å². The Balaban J connectivity index is 1.98. The minimum Gasteiger partial charge on any atom is -0.271 e. The molecule has 1 atom stereocenters. The molecule has 0 saturated carbocycles. The first-order chi connectivity index (χ1) is 10.1. The van der Waals surface area contributed by atoms with Crippen LogP contribution >= 0.6 is 23.4 Å². The van der Waals surface area contributed by atoms with Gasteiger partial charge in [-0.15, -0.1) is 11.8 Å². The van der Waals surface area contributed by atoms with Gasteiger partial charge in [-0.3, -0.25) is 16.0 Å². The van der Waals surface area contributed by atoms with Gasteiger partial charge in [0.25, 0.3) is 0 Å². The Morgan fingerprint density at radius 2 is 2.19 bits per heavy atom. The second-order valence-electron chi connectivity index (χ2n) is 4.90. The molecule has 1 aromatic carbocycles. The molecule has 2 rings (SSSR count). The molecule has 1 aromatic heterocycles. The number of nitrogens with one attached hydrogen (secondary N) is 1. The Morgan fingerprint density at radius 3 is 2.86 bits per heavy atom. The summed E-state index contributed by atoms with van der Waals surface area (Å²) in [7, 11) is 0. The van der Waals surface area contributed by atoms with Crippen molar-refractivity contribution in [1.29, 1.82) is 0 Å². The highest BCUT2D eigenvalue weighted by atomic mass is 35.5. The quantitative estimate of drug-likeness (QED) is 0.467. The summed E-state index contributed by atoms with van der Waals surface area (Å²) >= 11 is 7.89. The first-order valence-electron chi connectivity index (χ1n) is 7.00. The van der Waals surface area contributed by atoms with Crippen LogP contribution in [0.4, 0.5) is 0 Å². The molecule has 4 nitrogen and oxygen atoms in total. The van der Waals surface area contributed by atoms with E-state index in [1.165, 1.54) is 5.69 Å². The molecule has 0 saturated heterocycles. The molecule has 0 aliphatic rings. The molecule has 3 N–H and O–H groups in total. The maximum Gasteiger partial charge on any atom is 0.0596 e. The van der Waals surface area contributed by atoms with E-state index in [1.807, 2.05) is 35.9 Å². The molecule has 0 amide bonds. The smallest absolute Gasteiger partial charge is 0.0596 e. The van der Waals surface area contributed by atoms with E-state index in [0.717, 1.165) is 34.3 Å². The van der Waals surface area contributed by atoms with Gasteiger partial charge in [-0.1, -0.05) is 23.7 Å². The number of benzene rings is 1.